The van der Waals surface area contributed by atoms with Crippen molar-refractivity contribution in [3.8, 4) is 5.75 Å². The molecule has 0 aliphatic carbocycles. The lowest BCUT2D eigenvalue weighted by Gasteiger charge is -2.35. The largest absolute Gasteiger partial charge is 0.497 e. The van der Waals surface area contributed by atoms with Gasteiger partial charge in [-0.2, -0.15) is 0 Å². The monoisotopic (exact) mass is 484 g/mol. The molecule has 0 atom stereocenters. The highest BCUT2D eigenvalue weighted by molar-refractivity contribution is 6.74. The Bertz CT molecular complexity index is 1090. The Morgan fingerprint density at radius 2 is 1.88 bits per heavy atom. The average molecular weight is 485 g/mol. The number of rotatable bonds is 8. The van der Waals surface area contributed by atoms with Crippen molar-refractivity contribution in [1.29, 1.82) is 0 Å². The van der Waals surface area contributed by atoms with Crippen LogP contribution in [0.5, 0.6) is 5.75 Å². The van der Waals surface area contributed by atoms with E-state index >= 15 is 0 Å². The van der Waals surface area contributed by atoms with Crippen LogP contribution in [0.2, 0.25) is 18.1 Å². The van der Waals surface area contributed by atoms with Gasteiger partial charge in [0.05, 0.1) is 32.5 Å². The molecule has 0 spiro atoms. The predicted octanol–water partition coefficient (Wildman–Crippen LogP) is 3.27. The molecule has 0 saturated carbocycles. The number of anilines is 1. The fourth-order valence-electron chi connectivity index (χ4n) is 3.34. The summed E-state index contributed by atoms with van der Waals surface area (Å²) in [5, 5.41) is 2.93. The minimum atomic E-state index is -1.86. The van der Waals surface area contributed by atoms with Gasteiger partial charge in [0.1, 0.15) is 5.75 Å². The molecule has 0 unspecified atom stereocenters. The molecule has 1 aromatic heterocycles. The van der Waals surface area contributed by atoms with Crippen LogP contribution in [-0.4, -0.2) is 57.1 Å². The summed E-state index contributed by atoms with van der Waals surface area (Å²) in [7, 11) is -0.235. The van der Waals surface area contributed by atoms with Crippen LogP contribution >= 0.6 is 0 Å². The summed E-state index contributed by atoms with van der Waals surface area (Å²) in [5.74, 6) is 0.935. The van der Waals surface area contributed by atoms with Crippen LogP contribution in [0.1, 0.15) is 32.0 Å². The first kappa shape index (κ1) is 25.7. The molecular weight excluding hydrogens is 448 g/mol. The number of nitrogens with one attached hydrogen (secondary N) is 1. The van der Waals surface area contributed by atoms with Gasteiger partial charge in [0.25, 0.3) is 5.56 Å². The Hall–Kier alpha value is -2.91. The van der Waals surface area contributed by atoms with Gasteiger partial charge >= 0.3 is 0 Å². The van der Waals surface area contributed by atoms with E-state index in [1.54, 1.807) is 22.8 Å². The second-order valence-electron chi connectivity index (χ2n) is 10.0. The molecular formula is C25H36N4O4Si. The third-order valence-electron chi connectivity index (χ3n) is 6.46. The van der Waals surface area contributed by atoms with E-state index in [1.165, 1.54) is 0 Å². The number of ether oxygens (including phenoxy) is 1. The fourth-order valence-corrected chi connectivity index (χ4v) is 4.28. The lowest BCUT2D eigenvalue weighted by atomic mass is 10.2. The standard InChI is InChI=1S/C25H36N4O4Si/c1-25(2,3)34(5,6)33-15-7-8-20-17-29(16-19-9-11-21(32-4)12-10-19)24(31)23(27-20)28-14-13-26-22(30)18-28/h7-12,17H,13-16,18H2,1-6H3,(H,26,30). The molecule has 1 aliphatic rings. The van der Waals surface area contributed by atoms with Gasteiger partial charge in [0.15, 0.2) is 14.1 Å². The first-order valence-corrected chi connectivity index (χ1v) is 14.5. The van der Waals surface area contributed by atoms with Crippen molar-refractivity contribution in [3.63, 3.8) is 0 Å². The summed E-state index contributed by atoms with van der Waals surface area (Å²) < 4.78 is 13.1. The van der Waals surface area contributed by atoms with Gasteiger partial charge in [0.2, 0.25) is 5.91 Å². The van der Waals surface area contributed by atoms with E-state index in [0.29, 0.717) is 31.9 Å². The molecule has 0 radical (unpaired) electrons. The smallest absolute Gasteiger partial charge is 0.293 e. The van der Waals surface area contributed by atoms with Crippen molar-refractivity contribution in [3.05, 3.63) is 58.1 Å². The molecule has 34 heavy (non-hydrogen) atoms. The van der Waals surface area contributed by atoms with Crippen molar-refractivity contribution in [2.24, 2.45) is 0 Å². The maximum atomic E-state index is 13.3. The average Bonchev–Trinajstić information content (AvgIpc) is 2.78. The molecule has 2 aromatic rings. The molecule has 1 aromatic carbocycles. The van der Waals surface area contributed by atoms with E-state index < -0.39 is 8.32 Å². The Morgan fingerprint density at radius 3 is 2.50 bits per heavy atom. The van der Waals surface area contributed by atoms with Crippen molar-refractivity contribution < 1.29 is 14.0 Å². The molecule has 8 nitrogen and oxygen atoms in total. The van der Waals surface area contributed by atoms with Crippen LogP contribution in [0.25, 0.3) is 6.08 Å². The second kappa shape index (κ2) is 10.6. The van der Waals surface area contributed by atoms with E-state index in [2.05, 4.69) is 44.2 Å². The Morgan fingerprint density at radius 1 is 1.18 bits per heavy atom. The third-order valence-corrected chi connectivity index (χ3v) is 11.0. The number of piperazine rings is 1. The molecule has 9 heteroatoms. The van der Waals surface area contributed by atoms with E-state index in [-0.39, 0.29) is 28.9 Å². The van der Waals surface area contributed by atoms with Crippen LogP contribution in [0.3, 0.4) is 0 Å². The Balaban J connectivity index is 1.88. The van der Waals surface area contributed by atoms with Crippen LogP contribution in [0, 0.1) is 0 Å². The zero-order valence-electron chi connectivity index (χ0n) is 21.1. The van der Waals surface area contributed by atoms with Crippen LogP contribution < -0.4 is 20.5 Å². The van der Waals surface area contributed by atoms with Crippen LogP contribution in [-0.2, 0) is 15.8 Å². The topological polar surface area (TPSA) is 85.7 Å². The van der Waals surface area contributed by atoms with E-state index in [4.69, 9.17) is 9.16 Å². The van der Waals surface area contributed by atoms with Crippen LogP contribution in [0.4, 0.5) is 5.82 Å². The number of hydrogen-bond donors (Lipinski definition) is 1. The summed E-state index contributed by atoms with van der Waals surface area (Å²) in [5.41, 5.74) is 1.39. The van der Waals surface area contributed by atoms with Crippen molar-refractivity contribution in [2.75, 3.05) is 38.3 Å². The fraction of sp³-hybridized carbons (Fsp3) is 0.480. The molecule has 1 amide bonds. The van der Waals surface area contributed by atoms with Gasteiger partial charge in [-0.15, -0.1) is 0 Å². The molecule has 1 fully saturated rings. The lowest BCUT2D eigenvalue weighted by Crippen LogP contribution is -2.50. The molecule has 2 heterocycles. The number of amides is 1. The van der Waals surface area contributed by atoms with Gasteiger partial charge in [-0.1, -0.05) is 39.0 Å². The summed E-state index contributed by atoms with van der Waals surface area (Å²) in [6.45, 7) is 13.1. The predicted molar refractivity (Wildman–Crippen MR) is 138 cm³/mol. The van der Waals surface area contributed by atoms with Crippen LogP contribution in [0.15, 0.2) is 41.3 Å². The van der Waals surface area contributed by atoms with Crippen molar-refractivity contribution >= 4 is 26.1 Å². The third kappa shape index (κ3) is 6.36. The number of nitrogens with zero attached hydrogens (tertiary/aromatic N) is 3. The summed E-state index contributed by atoms with van der Waals surface area (Å²) in [6.07, 6.45) is 5.57. The number of aromatic nitrogens is 2. The maximum absolute atomic E-state index is 13.3. The highest BCUT2D eigenvalue weighted by atomic mass is 28.4. The lowest BCUT2D eigenvalue weighted by molar-refractivity contribution is -0.120. The van der Waals surface area contributed by atoms with Gasteiger partial charge in [-0.3, -0.25) is 9.59 Å². The van der Waals surface area contributed by atoms with E-state index in [0.717, 1.165) is 11.3 Å². The second-order valence-corrected chi connectivity index (χ2v) is 14.8. The summed E-state index contributed by atoms with van der Waals surface area (Å²) in [6, 6.07) is 7.61. The van der Waals surface area contributed by atoms with E-state index in [1.807, 2.05) is 36.4 Å². The van der Waals surface area contributed by atoms with Gasteiger partial charge in [-0.05, 0) is 41.9 Å². The molecule has 1 N–H and O–H groups in total. The SMILES string of the molecule is COc1ccc(Cn2cc(C=CCO[Si](C)(C)C(C)(C)C)nc(N3CCNC(=O)C3)c2=O)cc1. The molecule has 1 saturated heterocycles. The summed E-state index contributed by atoms with van der Waals surface area (Å²) in [4.78, 5) is 31.6. The van der Waals surface area contributed by atoms with Gasteiger partial charge in [0, 0.05) is 19.3 Å². The number of benzene rings is 1. The minimum absolute atomic E-state index is 0.113. The first-order valence-electron chi connectivity index (χ1n) is 11.6. The molecule has 1 aliphatic heterocycles. The number of methoxy groups -OCH3 is 1. The van der Waals surface area contributed by atoms with Gasteiger partial charge in [-0.25, -0.2) is 4.98 Å². The molecule has 184 valence electrons. The summed E-state index contributed by atoms with van der Waals surface area (Å²) >= 11 is 0. The minimum Gasteiger partial charge on any atom is -0.497 e. The Kier molecular flexibility index (Phi) is 7.99. The highest BCUT2D eigenvalue weighted by Gasteiger charge is 2.36. The Labute approximate surface area is 202 Å². The zero-order valence-corrected chi connectivity index (χ0v) is 22.1. The first-order chi connectivity index (χ1) is 16.0. The number of carbonyl (C=O) groups excluding carboxylic acids is 1. The number of hydrogen-bond acceptors (Lipinski definition) is 6. The number of carbonyl (C=O) groups is 1. The normalized spacial score (nSPS) is 15.0. The zero-order chi connectivity index (χ0) is 24.9. The molecule has 0 bridgehead atoms. The van der Waals surface area contributed by atoms with E-state index in [9.17, 15) is 9.59 Å². The molecule has 3 rings (SSSR count). The van der Waals surface area contributed by atoms with Crippen molar-refractivity contribution in [2.45, 2.75) is 45.4 Å². The highest BCUT2D eigenvalue weighted by Crippen LogP contribution is 2.36. The maximum Gasteiger partial charge on any atom is 0.293 e. The van der Waals surface area contributed by atoms with Gasteiger partial charge < -0.3 is 23.9 Å². The van der Waals surface area contributed by atoms with Crippen molar-refractivity contribution in [1.82, 2.24) is 14.9 Å². The quantitative estimate of drug-likeness (QED) is 0.579.